The molecule has 0 fully saturated rings. The number of rotatable bonds is 6. The number of esters is 1. The smallest absolute Gasteiger partial charge is 0.328 e. The van der Waals surface area contributed by atoms with Crippen molar-refractivity contribution in [3.05, 3.63) is 29.8 Å². The van der Waals surface area contributed by atoms with Gasteiger partial charge in [-0.3, -0.25) is 4.79 Å². The maximum atomic E-state index is 12.6. The van der Waals surface area contributed by atoms with Crippen LogP contribution < -0.4 is 11.1 Å². The molecule has 1 amide bonds. The van der Waals surface area contributed by atoms with Crippen LogP contribution in [-0.4, -0.2) is 25.0 Å². The lowest BCUT2D eigenvalue weighted by Gasteiger charge is -2.27. The van der Waals surface area contributed by atoms with Gasteiger partial charge in [-0.2, -0.15) is 0 Å². The van der Waals surface area contributed by atoms with Crippen LogP contribution in [0, 0.1) is 5.92 Å². The molecule has 0 saturated heterocycles. The first-order valence-electron chi connectivity index (χ1n) is 7.43. The van der Waals surface area contributed by atoms with E-state index < -0.39 is 17.4 Å². The second kappa shape index (κ2) is 7.29. The Labute approximate surface area is 132 Å². The summed E-state index contributed by atoms with van der Waals surface area (Å²) in [5.74, 6) is -0.368. The summed E-state index contributed by atoms with van der Waals surface area (Å²) in [4.78, 5) is 24.4. The Balaban J connectivity index is 2.91. The fraction of sp³-hybridized carbons (Fsp3) is 0.529. The molecule has 1 atom stereocenters. The molecule has 1 aromatic carbocycles. The summed E-state index contributed by atoms with van der Waals surface area (Å²) in [6, 6.07) is 6.53. The van der Waals surface area contributed by atoms with Gasteiger partial charge >= 0.3 is 5.97 Å². The van der Waals surface area contributed by atoms with Gasteiger partial charge in [0.1, 0.15) is 6.04 Å². The van der Waals surface area contributed by atoms with Crippen LogP contribution in [0.4, 0.5) is 5.69 Å². The van der Waals surface area contributed by atoms with Gasteiger partial charge in [-0.15, -0.1) is 0 Å². The average Bonchev–Trinajstić information content (AvgIpc) is 2.45. The molecule has 0 radical (unpaired) electrons. The number of nitrogen functional groups attached to an aromatic ring is 1. The van der Waals surface area contributed by atoms with Crippen molar-refractivity contribution in [3.63, 3.8) is 0 Å². The van der Waals surface area contributed by atoms with Crippen LogP contribution in [0.2, 0.25) is 0 Å². The largest absolute Gasteiger partial charge is 0.467 e. The number of hydrogen-bond acceptors (Lipinski definition) is 4. The highest BCUT2D eigenvalue weighted by Gasteiger charge is 2.33. The third-order valence-electron chi connectivity index (χ3n) is 3.70. The van der Waals surface area contributed by atoms with E-state index in [-0.39, 0.29) is 11.8 Å². The number of nitrogens with one attached hydrogen (secondary N) is 1. The van der Waals surface area contributed by atoms with E-state index in [2.05, 4.69) is 5.32 Å². The maximum Gasteiger partial charge on any atom is 0.328 e. The zero-order valence-corrected chi connectivity index (χ0v) is 14.0. The van der Waals surface area contributed by atoms with Crippen molar-refractivity contribution in [2.45, 2.75) is 45.6 Å². The summed E-state index contributed by atoms with van der Waals surface area (Å²) in [6.07, 6.45) is 0.538. The van der Waals surface area contributed by atoms with Gasteiger partial charge in [0.25, 0.3) is 0 Å². The monoisotopic (exact) mass is 306 g/mol. The maximum absolute atomic E-state index is 12.6. The number of carbonyl (C=O) groups excluding carboxylic acids is 2. The number of amides is 1. The zero-order chi connectivity index (χ0) is 16.9. The highest BCUT2D eigenvalue weighted by molar-refractivity contribution is 5.91. The minimum atomic E-state index is -0.767. The summed E-state index contributed by atoms with van der Waals surface area (Å²) in [5.41, 5.74) is 6.40. The number of carbonyl (C=O) groups is 2. The van der Waals surface area contributed by atoms with Gasteiger partial charge in [0, 0.05) is 5.69 Å². The number of methoxy groups -OCH3 is 1. The SMILES string of the molecule is COC(=O)C(CC(C)C)NC(=O)C(C)(C)c1ccc(N)cc1. The highest BCUT2D eigenvalue weighted by atomic mass is 16.5. The van der Waals surface area contributed by atoms with Crippen molar-refractivity contribution in [2.24, 2.45) is 5.92 Å². The number of nitrogens with two attached hydrogens (primary N) is 1. The molecule has 0 aliphatic carbocycles. The molecular formula is C17H26N2O3. The molecule has 5 heteroatoms. The van der Waals surface area contributed by atoms with Crippen LogP contribution in [0.25, 0.3) is 0 Å². The molecule has 0 bridgehead atoms. The normalized spacial score (nSPS) is 12.8. The van der Waals surface area contributed by atoms with Crippen LogP contribution in [0.3, 0.4) is 0 Å². The van der Waals surface area contributed by atoms with Gasteiger partial charge in [0.05, 0.1) is 12.5 Å². The summed E-state index contributed by atoms with van der Waals surface area (Å²) in [7, 11) is 1.33. The Morgan fingerprint density at radius 1 is 1.23 bits per heavy atom. The van der Waals surface area contributed by atoms with Crippen molar-refractivity contribution >= 4 is 17.6 Å². The van der Waals surface area contributed by atoms with E-state index in [9.17, 15) is 9.59 Å². The fourth-order valence-corrected chi connectivity index (χ4v) is 2.20. The Hall–Kier alpha value is -2.04. The van der Waals surface area contributed by atoms with E-state index in [1.54, 1.807) is 12.1 Å². The molecule has 0 saturated carbocycles. The molecule has 0 aliphatic heterocycles. The van der Waals surface area contributed by atoms with Crippen LogP contribution in [0.15, 0.2) is 24.3 Å². The fourth-order valence-electron chi connectivity index (χ4n) is 2.20. The number of ether oxygens (including phenoxy) is 1. The molecule has 5 nitrogen and oxygen atoms in total. The van der Waals surface area contributed by atoms with Crippen molar-refractivity contribution in [3.8, 4) is 0 Å². The summed E-state index contributed by atoms with van der Waals surface area (Å²) in [6.45, 7) is 7.62. The van der Waals surface area contributed by atoms with E-state index in [0.29, 0.717) is 12.1 Å². The third kappa shape index (κ3) is 4.48. The van der Waals surface area contributed by atoms with Gasteiger partial charge < -0.3 is 15.8 Å². The molecule has 1 unspecified atom stereocenters. The predicted molar refractivity (Wildman–Crippen MR) is 87.3 cm³/mol. The molecule has 22 heavy (non-hydrogen) atoms. The van der Waals surface area contributed by atoms with Gasteiger partial charge in [-0.1, -0.05) is 26.0 Å². The zero-order valence-electron chi connectivity index (χ0n) is 14.0. The topological polar surface area (TPSA) is 81.4 Å². The van der Waals surface area contributed by atoms with Crippen molar-refractivity contribution in [2.75, 3.05) is 12.8 Å². The van der Waals surface area contributed by atoms with E-state index in [0.717, 1.165) is 5.56 Å². The van der Waals surface area contributed by atoms with Crippen molar-refractivity contribution in [1.82, 2.24) is 5.32 Å². The highest BCUT2D eigenvalue weighted by Crippen LogP contribution is 2.25. The summed E-state index contributed by atoms with van der Waals surface area (Å²) >= 11 is 0. The lowest BCUT2D eigenvalue weighted by molar-refractivity contribution is -0.146. The molecule has 0 heterocycles. The van der Waals surface area contributed by atoms with E-state index >= 15 is 0 Å². The van der Waals surface area contributed by atoms with Crippen LogP contribution in [0.1, 0.15) is 39.7 Å². The van der Waals surface area contributed by atoms with Gasteiger partial charge in [0.15, 0.2) is 0 Å². The molecule has 3 N–H and O–H groups in total. The van der Waals surface area contributed by atoms with Gasteiger partial charge in [-0.05, 0) is 43.9 Å². The average molecular weight is 306 g/mol. The van der Waals surface area contributed by atoms with Gasteiger partial charge in [-0.25, -0.2) is 4.79 Å². The molecule has 122 valence electrons. The summed E-state index contributed by atoms with van der Waals surface area (Å²) < 4.78 is 4.78. The Morgan fingerprint density at radius 3 is 2.23 bits per heavy atom. The van der Waals surface area contributed by atoms with Crippen LogP contribution >= 0.6 is 0 Å². The lowest BCUT2D eigenvalue weighted by Crippen LogP contribution is -2.49. The molecule has 0 aromatic heterocycles. The first-order valence-corrected chi connectivity index (χ1v) is 7.43. The van der Waals surface area contributed by atoms with Crippen molar-refractivity contribution < 1.29 is 14.3 Å². The molecule has 1 aromatic rings. The third-order valence-corrected chi connectivity index (χ3v) is 3.70. The first-order chi connectivity index (χ1) is 10.2. The van der Waals surface area contributed by atoms with Gasteiger partial charge in [0.2, 0.25) is 5.91 Å². The second-order valence-electron chi connectivity index (χ2n) is 6.43. The molecule has 0 aliphatic rings. The lowest BCUT2D eigenvalue weighted by atomic mass is 9.83. The molecular weight excluding hydrogens is 280 g/mol. The van der Waals surface area contributed by atoms with Crippen LogP contribution in [0.5, 0.6) is 0 Å². The Bertz CT molecular complexity index is 521. The quantitative estimate of drug-likeness (QED) is 0.624. The molecule has 1 rings (SSSR count). The predicted octanol–water partition coefficient (Wildman–Crippen LogP) is 2.25. The number of benzene rings is 1. The Kier molecular flexibility index (Phi) is 5.97. The van der Waals surface area contributed by atoms with E-state index in [1.165, 1.54) is 7.11 Å². The minimum absolute atomic E-state index is 0.215. The second-order valence-corrected chi connectivity index (χ2v) is 6.43. The van der Waals surface area contributed by atoms with E-state index in [4.69, 9.17) is 10.5 Å². The van der Waals surface area contributed by atoms with Crippen molar-refractivity contribution in [1.29, 1.82) is 0 Å². The van der Waals surface area contributed by atoms with Crippen LogP contribution in [-0.2, 0) is 19.7 Å². The first kappa shape index (κ1) is 18.0. The number of anilines is 1. The standard InChI is InChI=1S/C17H26N2O3/c1-11(2)10-14(15(20)22-5)19-16(21)17(3,4)12-6-8-13(18)9-7-12/h6-9,11,14H,10,18H2,1-5H3,(H,19,21). The summed E-state index contributed by atoms with van der Waals surface area (Å²) in [5, 5.41) is 2.81. The molecule has 0 spiro atoms. The minimum Gasteiger partial charge on any atom is -0.467 e. The van der Waals surface area contributed by atoms with E-state index in [1.807, 2.05) is 39.8 Å². The Morgan fingerprint density at radius 2 is 1.77 bits per heavy atom. The number of hydrogen-bond donors (Lipinski definition) is 2.